The first-order chi connectivity index (χ1) is 15.0. The Hall–Kier alpha value is -1.18. The van der Waals surface area contributed by atoms with Crippen LogP contribution in [-0.4, -0.2) is 97.1 Å². The minimum atomic E-state index is 0.127. The van der Waals surface area contributed by atoms with Gasteiger partial charge in [0.2, 0.25) is 11.8 Å². The van der Waals surface area contributed by atoms with Crippen molar-refractivity contribution in [2.75, 3.05) is 52.4 Å². The van der Waals surface area contributed by atoms with Crippen LogP contribution in [0, 0.1) is 11.8 Å². The van der Waals surface area contributed by atoms with Gasteiger partial charge >= 0.3 is 0 Å². The number of likely N-dealkylation sites (tertiary alicyclic amines) is 2. The minimum Gasteiger partial charge on any atom is -0.378 e. The number of hydrogen-bond acceptors (Lipinski definition) is 5. The van der Waals surface area contributed by atoms with Gasteiger partial charge in [-0.15, -0.1) is 0 Å². The third-order valence-electron chi connectivity index (χ3n) is 7.83. The van der Waals surface area contributed by atoms with E-state index in [-0.39, 0.29) is 5.91 Å². The average molecular weight is 435 g/mol. The van der Waals surface area contributed by atoms with Crippen molar-refractivity contribution in [1.29, 1.82) is 0 Å². The molecule has 1 N–H and O–H groups in total. The number of carbonyl (C=O) groups is 2. The van der Waals surface area contributed by atoms with Gasteiger partial charge in [0.1, 0.15) is 0 Å². The van der Waals surface area contributed by atoms with Gasteiger partial charge in [-0.25, -0.2) is 0 Å². The van der Waals surface area contributed by atoms with E-state index in [0.29, 0.717) is 49.0 Å². The first-order valence-corrected chi connectivity index (χ1v) is 12.6. The van der Waals surface area contributed by atoms with Gasteiger partial charge in [-0.3, -0.25) is 14.5 Å². The summed E-state index contributed by atoms with van der Waals surface area (Å²) < 4.78 is 6.03. The summed E-state index contributed by atoms with van der Waals surface area (Å²) in [5.41, 5.74) is 0. The highest BCUT2D eigenvalue weighted by molar-refractivity contribution is 5.78. The van der Waals surface area contributed by atoms with Crippen molar-refractivity contribution in [3.05, 3.63) is 0 Å². The molecule has 0 spiro atoms. The summed E-state index contributed by atoms with van der Waals surface area (Å²) in [5.74, 6) is 1.55. The van der Waals surface area contributed by atoms with Crippen LogP contribution >= 0.6 is 0 Å². The van der Waals surface area contributed by atoms with Crippen LogP contribution in [0.25, 0.3) is 0 Å². The molecule has 0 saturated carbocycles. The van der Waals surface area contributed by atoms with E-state index in [1.807, 2.05) is 0 Å². The molecular formula is C24H42N4O3. The monoisotopic (exact) mass is 434 g/mol. The smallest absolute Gasteiger partial charge is 0.234 e. The fourth-order valence-corrected chi connectivity index (χ4v) is 6.21. The molecule has 4 saturated heterocycles. The number of fused-ring (bicyclic) bond motifs is 4. The number of hydrogen-bond donors (Lipinski definition) is 1. The SMILES string of the molecule is CC(C)N1CCC(OCCCNC(=O)CN2CC3CC(C2)[C@H]2CCCC(=O)N2C3)CC1. The predicted octanol–water partition coefficient (Wildman–Crippen LogP) is 1.71. The highest BCUT2D eigenvalue weighted by atomic mass is 16.5. The largest absolute Gasteiger partial charge is 0.378 e. The first kappa shape index (κ1) is 23.0. The lowest BCUT2D eigenvalue weighted by Crippen LogP contribution is -2.61. The molecule has 0 aliphatic carbocycles. The van der Waals surface area contributed by atoms with E-state index >= 15 is 0 Å². The Morgan fingerprint density at radius 3 is 2.74 bits per heavy atom. The van der Waals surface area contributed by atoms with Crippen molar-refractivity contribution in [3.63, 3.8) is 0 Å². The highest BCUT2D eigenvalue weighted by Gasteiger charge is 2.44. The molecule has 4 aliphatic rings. The maximum atomic E-state index is 12.5. The van der Waals surface area contributed by atoms with E-state index in [9.17, 15) is 9.59 Å². The molecule has 0 aromatic carbocycles. The number of piperidine rings is 4. The number of ether oxygens (including phenoxy) is 1. The molecule has 2 unspecified atom stereocenters. The van der Waals surface area contributed by atoms with Crippen LogP contribution in [0.15, 0.2) is 0 Å². The third-order valence-corrected chi connectivity index (χ3v) is 7.83. The molecule has 7 heteroatoms. The molecule has 2 amide bonds. The second-order valence-corrected chi connectivity index (χ2v) is 10.5. The van der Waals surface area contributed by atoms with E-state index in [4.69, 9.17) is 4.74 Å². The van der Waals surface area contributed by atoms with E-state index < -0.39 is 0 Å². The quantitative estimate of drug-likeness (QED) is 0.590. The van der Waals surface area contributed by atoms with Crippen LogP contribution in [0.3, 0.4) is 0 Å². The molecule has 176 valence electrons. The summed E-state index contributed by atoms with van der Waals surface area (Å²) >= 11 is 0. The molecular weight excluding hydrogens is 392 g/mol. The zero-order valence-corrected chi connectivity index (χ0v) is 19.6. The highest BCUT2D eigenvalue weighted by Crippen LogP contribution is 2.37. The van der Waals surface area contributed by atoms with Gasteiger partial charge in [-0.05, 0) is 64.2 Å². The molecule has 0 radical (unpaired) electrons. The molecule has 3 atom stereocenters. The topological polar surface area (TPSA) is 65.1 Å². The van der Waals surface area contributed by atoms with Gasteiger partial charge < -0.3 is 19.9 Å². The molecule has 2 bridgehead atoms. The Morgan fingerprint density at radius 2 is 1.97 bits per heavy atom. The Bertz CT molecular complexity index is 620. The number of amides is 2. The van der Waals surface area contributed by atoms with Crippen molar-refractivity contribution in [2.24, 2.45) is 11.8 Å². The van der Waals surface area contributed by atoms with Crippen molar-refractivity contribution in [2.45, 2.75) is 77.0 Å². The lowest BCUT2D eigenvalue weighted by atomic mass is 9.76. The summed E-state index contributed by atoms with van der Waals surface area (Å²) in [7, 11) is 0. The average Bonchev–Trinajstić information content (AvgIpc) is 2.74. The Balaban J connectivity index is 1.10. The second kappa shape index (κ2) is 10.6. The molecule has 4 fully saturated rings. The van der Waals surface area contributed by atoms with Gasteiger partial charge in [0.25, 0.3) is 0 Å². The van der Waals surface area contributed by atoms with Gasteiger partial charge in [-0.1, -0.05) is 0 Å². The standard InChI is InChI=1S/C24H42N4O3/c1-18(2)27-10-7-21(8-11-27)31-12-4-9-25-23(29)17-26-14-19-13-20(16-26)22-5-3-6-24(30)28(22)15-19/h18-22H,3-17H2,1-2H3,(H,25,29)/t19?,20?,22-/m1/s1. The predicted molar refractivity (Wildman–Crippen MR) is 121 cm³/mol. The van der Waals surface area contributed by atoms with E-state index in [1.165, 1.54) is 6.42 Å². The van der Waals surface area contributed by atoms with Crippen LogP contribution < -0.4 is 5.32 Å². The zero-order valence-electron chi connectivity index (χ0n) is 19.6. The Labute approximate surface area is 187 Å². The van der Waals surface area contributed by atoms with E-state index in [0.717, 1.165) is 77.9 Å². The molecule has 4 heterocycles. The number of carbonyl (C=O) groups excluding carboxylic acids is 2. The van der Waals surface area contributed by atoms with Gasteiger partial charge in [-0.2, -0.15) is 0 Å². The number of nitrogens with one attached hydrogen (secondary N) is 1. The molecule has 31 heavy (non-hydrogen) atoms. The summed E-state index contributed by atoms with van der Waals surface area (Å²) in [4.78, 5) is 31.7. The molecule has 0 aromatic rings. The molecule has 0 aromatic heterocycles. The van der Waals surface area contributed by atoms with Crippen molar-refractivity contribution < 1.29 is 14.3 Å². The van der Waals surface area contributed by atoms with Crippen molar-refractivity contribution in [1.82, 2.24) is 20.0 Å². The Morgan fingerprint density at radius 1 is 1.16 bits per heavy atom. The summed E-state index contributed by atoms with van der Waals surface area (Å²) in [5, 5.41) is 3.09. The van der Waals surface area contributed by atoms with E-state index in [1.54, 1.807) is 0 Å². The summed E-state index contributed by atoms with van der Waals surface area (Å²) in [6.45, 7) is 11.5. The lowest BCUT2D eigenvalue weighted by molar-refractivity contribution is -0.145. The molecule has 7 nitrogen and oxygen atoms in total. The normalized spacial score (nSPS) is 30.5. The van der Waals surface area contributed by atoms with Crippen LogP contribution in [0.2, 0.25) is 0 Å². The minimum absolute atomic E-state index is 0.127. The second-order valence-electron chi connectivity index (χ2n) is 10.5. The summed E-state index contributed by atoms with van der Waals surface area (Å²) in [6.07, 6.45) is 7.60. The molecule has 4 rings (SSSR count). The third kappa shape index (κ3) is 5.99. The zero-order chi connectivity index (χ0) is 21.8. The number of rotatable bonds is 8. The fourth-order valence-electron chi connectivity index (χ4n) is 6.21. The van der Waals surface area contributed by atoms with Gasteiger partial charge in [0.15, 0.2) is 0 Å². The Kier molecular flexibility index (Phi) is 7.88. The summed E-state index contributed by atoms with van der Waals surface area (Å²) in [6, 6.07) is 1.03. The van der Waals surface area contributed by atoms with Gasteiger partial charge in [0, 0.05) is 64.4 Å². The van der Waals surface area contributed by atoms with Crippen LogP contribution in [0.4, 0.5) is 0 Å². The van der Waals surface area contributed by atoms with Crippen LogP contribution in [0.5, 0.6) is 0 Å². The van der Waals surface area contributed by atoms with Crippen LogP contribution in [0.1, 0.15) is 58.8 Å². The molecule has 4 aliphatic heterocycles. The first-order valence-electron chi connectivity index (χ1n) is 12.6. The number of nitrogens with zero attached hydrogens (tertiary/aromatic N) is 3. The van der Waals surface area contributed by atoms with E-state index in [2.05, 4.69) is 33.9 Å². The van der Waals surface area contributed by atoms with Crippen molar-refractivity contribution >= 4 is 11.8 Å². The lowest BCUT2D eigenvalue weighted by Gasteiger charge is -2.52. The maximum Gasteiger partial charge on any atom is 0.234 e. The maximum absolute atomic E-state index is 12.5. The fraction of sp³-hybridized carbons (Fsp3) is 0.917. The van der Waals surface area contributed by atoms with Crippen LogP contribution in [-0.2, 0) is 14.3 Å². The van der Waals surface area contributed by atoms with Gasteiger partial charge in [0.05, 0.1) is 12.6 Å². The van der Waals surface area contributed by atoms with Crippen molar-refractivity contribution in [3.8, 4) is 0 Å².